The summed E-state index contributed by atoms with van der Waals surface area (Å²) in [7, 11) is 0. The molecule has 0 saturated carbocycles. The van der Waals surface area contributed by atoms with Crippen LogP contribution in [-0.4, -0.2) is 57.8 Å². The van der Waals surface area contributed by atoms with Crippen LogP contribution < -0.4 is 0 Å². The number of Topliss-reactive ketones (excluding diaryl/α,β-unsaturated/α-hetero) is 10. The molecule has 0 spiro atoms. The highest BCUT2D eigenvalue weighted by Gasteiger charge is 2.18. The molecule has 10 heteroatoms. The number of unbranched alkanes of at least 4 members (excludes halogenated alkanes) is 3. The molecule has 0 heterocycles. The summed E-state index contributed by atoms with van der Waals surface area (Å²) in [5.41, 5.74) is 0.0422. The predicted octanol–water partition coefficient (Wildman–Crippen LogP) is 20.4. The van der Waals surface area contributed by atoms with Crippen molar-refractivity contribution in [2.24, 2.45) is 46.3 Å². The van der Waals surface area contributed by atoms with Gasteiger partial charge in [0.05, 0.1) is 0 Å². The molecule has 0 bridgehead atoms. The zero-order chi connectivity index (χ0) is 65.8. The van der Waals surface area contributed by atoms with Crippen LogP contribution in [-0.2, 0) is 47.9 Å². The second-order valence-corrected chi connectivity index (χ2v) is 25.2. The second-order valence-electron chi connectivity index (χ2n) is 25.2. The first kappa shape index (κ1) is 98.8. The lowest BCUT2D eigenvalue weighted by Gasteiger charge is -2.14. The Labute approximate surface area is 499 Å². The monoisotopic (exact) mass is 1140 g/mol. The topological polar surface area (TPSA) is 171 Å². The maximum Gasteiger partial charge on any atom is 0.137 e. The van der Waals surface area contributed by atoms with Crippen molar-refractivity contribution in [3.63, 3.8) is 0 Å². The Kier molecular flexibility index (Phi) is 84.2. The minimum absolute atomic E-state index is 0.130. The van der Waals surface area contributed by atoms with E-state index in [0.29, 0.717) is 101 Å². The third kappa shape index (κ3) is 118. The Bertz CT molecular complexity index is 1490. The summed E-state index contributed by atoms with van der Waals surface area (Å²) in [5.74, 6) is 6.12. The summed E-state index contributed by atoms with van der Waals surface area (Å²) < 4.78 is 0. The van der Waals surface area contributed by atoms with Crippen LogP contribution in [0.4, 0.5) is 0 Å². The van der Waals surface area contributed by atoms with Crippen molar-refractivity contribution in [2.45, 2.75) is 349 Å². The van der Waals surface area contributed by atoms with Gasteiger partial charge in [-0.05, 0) is 102 Å². The largest absolute Gasteiger partial charge is 0.300 e. The van der Waals surface area contributed by atoms with E-state index in [1.807, 2.05) is 83.1 Å². The van der Waals surface area contributed by atoms with Gasteiger partial charge in [-0.25, -0.2) is 0 Å². The van der Waals surface area contributed by atoms with E-state index >= 15 is 0 Å². The minimum Gasteiger partial charge on any atom is -0.300 e. The van der Waals surface area contributed by atoms with Crippen LogP contribution in [0.25, 0.3) is 0 Å². The third-order valence-electron chi connectivity index (χ3n) is 11.5. The smallest absolute Gasteiger partial charge is 0.137 e. The molecule has 0 radical (unpaired) electrons. The number of ketones is 10. The van der Waals surface area contributed by atoms with Crippen LogP contribution in [0.5, 0.6) is 0 Å². The third-order valence-corrected chi connectivity index (χ3v) is 11.5. The van der Waals surface area contributed by atoms with Gasteiger partial charge in [-0.3, -0.25) is 28.8 Å². The van der Waals surface area contributed by atoms with Crippen molar-refractivity contribution in [1.82, 2.24) is 0 Å². The summed E-state index contributed by atoms with van der Waals surface area (Å²) in [4.78, 5) is 106. The van der Waals surface area contributed by atoms with E-state index in [9.17, 15) is 47.9 Å². The van der Waals surface area contributed by atoms with Gasteiger partial charge in [0, 0.05) is 94.3 Å². The van der Waals surface area contributed by atoms with E-state index in [1.54, 1.807) is 34.6 Å². The van der Waals surface area contributed by atoms with Crippen molar-refractivity contribution in [1.29, 1.82) is 0 Å². The lowest BCUT2D eigenvalue weighted by Crippen LogP contribution is -2.18. The highest BCUT2D eigenvalue weighted by molar-refractivity contribution is 5.83. The summed E-state index contributed by atoms with van der Waals surface area (Å²) in [6.45, 7) is 58.8. The van der Waals surface area contributed by atoms with Crippen LogP contribution in [0.15, 0.2) is 0 Å². The Morgan fingerprint density at radius 1 is 0.388 bits per heavy atom. The molecule has 0 aliphatic carbocycles. The average molecular weight is 1140 g/mol. The molecule has 0 aromatic carbocycles. The molecule has 0 N–H and O–H groups in total. The van der Waals surface area contributed by atoms with Crippen molar-refractivity contribution >= 4 is 57.8 Å². The average Bonchev–Trinajstić information content (AvgIpc) is 3.32. The quantitative estimate of drug-likeness (QED) is 0.0687. The zero-order valence-corrected chi connectivity index (χ0v) is 59.1. The molecule has 2 unspecified atom stereocenters. The molecule has 0 fully saturated rings. The van der Waals surface area contributed by atoms with Gasteiger partial charge in [0.2, 0.25) is 0 Å². The van der Waals surface area contributed by atoms with Gasteiger partial charge >= 0.3 is 0 Å². The van der Waals surface area contributed by atoms with Gasteiger partial charge in [0.15, 0.2) is 0 Å². The molecular formula is C70H140O10. The molecule has 80 heavy (non-hydrogen) atoms. The fourth-order valence-corrected chi connectivity index (χ4v) is 5.87. The minimum atomic E-state index is -0.130. The first-order valence-corrected chi connectivity index (χ1v) is 31.6. The van der Waals surface area contributed by atoms with E-state index in [-0.39, 0.29) is 28.4 Å². The molecule has 0 rings (SSSR count). The Morgan fingerprint density at radius 2 is 0.812 bits per heavy atom. The number of hydrogen-bond donors (Lipinski definition) is 0. The molecule has 2 atom stereocenters. The van der Waals surface area contributed by atoms with E-state index in [2.05, 4.69) is 90.0 Å². The number of rotatable bonds is 28. The van der Waals surface area contributed by atoms with Crippen molar-refractivity contribution < 1.29 is 47.9 Å². The Hall–Kier alpha value is -3.30. The van der Waals surface area contributed by atoms with Gasteiger partial charge < -0.3 is 19.2 Å². The van der Waals surface area contributed by atoms with E-state index in [4.69, 9.17) is 0 Å². The molecule has 0 saturated heterocycles. The fraction of sp³-hybridized carbons (Fsp3) is 0.857. The van der Waals surface area contributed by atoms with E-state index in [0.717, 1.165) is 103 Å². The molecule has 10 nitrogen and oxygen atoms in total. The standard InChI is InChI=1S/10C7H14O/c1-6(8)5-7(2,3)4;1-6(2)4-5-7(3)8;1-5-6(8)7(2,3)4;1-5(2)6(3)7(4)8;1-4-6(2)5-7(3)8;1-4-7(8)5-6(2)3;1-4-5-7(8)6(2)3;1-3-4-5-6-7(2)8;1-3-5-6-7(8)4-2;1-3-5-7(8)6-4-2/h5H2,1-4H3;6H,4-5H2,1-3H3;5H2,1-4H3;5-6H,1-4H3;3*6H,4-5H2,1-3H3;3*3-6H2,1-2H3. The number of hydrogen-bond acceptors (Lipinski definition) is 10. The van der Waals surface area contributed by atoms with Crippen LogP contribution in [0.1, 0.15) is 349 Å². The highest BCUT2D eigenvalue weighted by atomic mass is 16.2. The molecule has 0 aliphatic rings. The first-order valence-electron chi connectivity index (χ1n) is 31.6. The van der Waals surface area contributed by atoms with Gasteiger partial charge in [-0.2, -0.15) is 0 Å². The first-order chi connectivity index (χ1) is 36.5. The van der Waals surface area contributed by atoms with Crippen LogP contribution >= 0.6 is 0 Å². The molecule has 0 aromatic rings. The number of carbonyl (C=O) groups is 10. The zero-order valence-electron chi connectivity index (χ0n) is 59.1. The lowest BCUT2D eigenvalue weighted by atomic mass is 9.90. The van der Waals surface area contributed by atoms with Crippen LogP contribution in [0, 0.1) is 46.3 Å². The Morgan fingerprint density at radius 3 is 0.963 bits per heavy atom. The summed E-state index contributed by atoms with van der Waals surface area (Å²) in [5, 5.41) is 0. The molecule has 0 aliphatic heterocycles. The normalized spacial score (nSPS) is 10.8. The highest BCUT2D eigenvalue weighted by Crippen LogP contribution is 2.18. The molecule has 0 amide bonds. The predicted molar refractivity (Wildman–Crippen MR) is 348 cm³/mol. The van der Waals surface area contributed by atoms with Gasteiger partial charge in [0.25, 0.3) is 0 Å². The van der Waals surface area contributed by atoms with E-state index in [1.165, 1.54) is 12.8 Å². The van der Waals surface area contributed by atoms with Gasteiger partial charge in [-0.1, -0.05) is 199 Å². The van der Waals surface area contributed by atoms with E-state index < -0.39 is 0 Å². The number of carbonyl (C=O) groups excluding carboxylic acids is 10. The molecule has 0 aromatic heterocycles. The summed E-state index contributed by atoms with van der Waals surface area (Å²) >= 11 is 0. The van der Waals surface area contributed by atoms with Crippen molar-refractivity contribution in [2.75, 3.05) is 0 Å². The van der Waals surface area contributed by atoms with Gasteiger partial charge in [-0.15, -0.1) is 0 Å². The van der Waals surface area contributed by atoms with Crippen LogP contribution in [0.3, 0.4) is 0 Å². The van der Waals surface area contributed by atoms with Crippen molar-refractivity contribution in [3.05, 3.63) is 0 Å². The van der Waals surface area contributed by atoms with Gasteiger partial charge in [0.1, 0.15) is 57.8 Å². The molecule has 480 valence electrons. The summed E-state index contributed by atoms with van der Waals surface area (Å²) in [6.07, 6.45) is 19.6. The van der Waals surface area contributed by atoms with Crippen molar-refractivity contribution in [3.8, 4) is 0 Å². The fourth-order valence-electron chi connectivity index (χ4n) is 5.87. The second kappa shape index (κ2) is 68.2. The maximum absolute atomic E-state index is 10.8. The molecular weight excluding hydrogens is 1000 g/mol. The van der Waals surface area contributed by atoms with Crippen LogP contribution in [0.2, 0.25) is 0 Å². The lowest BCUT2D eigenvalue weighted by molar-refractivity contribution is -0.126. The summed E-state index contributed by atoms with van der Waals surface area (Å²) in [6, 6.07) is 0. The Balaban J connectivity index is -0.0000000851. The maximum atomic E-state index is 10.8. The SMILES string of the molecule is CC(=O)C(C)C(C)C.CC(=O)CC(C)(C)C.CC(=O)CCC(C)C.CCC(=O)C(C)(C)C.CCC(=O)CC(C)C.CCC(C)CC(C)=O.CCCC(=O)C(C)C.CCCC(=O)CCC.CCCCC(=O)CC.CCCCCC(C)=O.